The number of rotatable bonds is 7. The molecule has 1 aliphatic heterocycles. The van der Waals surface area contributed by atoms with Crippen LogP contribution in [0.15, 0.2) is 28.1 Å². The van der Waals surface area contributed by atoms with Gasteiger partial charge < -0.3 is 19.4 Å². The zero-order chi connectivity index (χ0) is 16.1. The Labute approximate surface area is 141 Å². The quantitative estimate of drug-likeness (QED) is 0.843. The van der Waals surface area contributed by atoms with Crippen LogP contribution in [0.3, 0.4) is 0 Å². The molecular formula is C17H25N3O2S. The van der Waals surface area contributed by atoms with E-state index in [1.54, 1.807) is 11.3 Å². The predicted molar refractivity (Wildman–Crippen MR) is 92.4 cm³/mol. The van der Waals surface area contributed by atoms with E-state index in [2.05, 4.69) is 28.1 Å². The standard InChI is InChI=1S/C17H25N3O2S/c1-19(12-14-4-6-20(7-5-14)8-9-21)13-15-11-16(22-18-15)17-3-2-10-23-17/h2-3,10-11,14,21H,4-9,12-13H2,1H3. The van der Waals surface area contributed by atoms with Crippen LogP contribution >= 0.6 is 11.3 Å². The minimum Gasteiger partial charge on any atom is -0.395 e. The Morgan fingerprint density at radius 2 is 2.26 bits per heavy atom. The molecule has 1 N–H and O–H groups in total. The summed E-state index contributed by atoms with van der Waals surface area (Å²) in [6, 6.07) is 6.13. The first-order valence-corrected chi connectivity index (χ1v) is 9.14. The number of hydrogen-bond donors (Lipinski definition) is 1. The molecule has 0 atom stereocenters. The highest BCUT2D eigenvalue weighted by Gasteiger charge is 2.20. The average Bonchev–Trinajstić information content (AvgIpc) is 3.20. The van der Waals surface area contributed by atoms with E-state index in [0.717, 1.165) is 55.0 Å². The van der Waals surface area contributed by atoms with Gasteiger partial charge in [0, 0.05) is 25.7 Å². The van der Waals surface area contributed by atoms with Gasteiger partial charge in [0.05, 0.1) is 17.2 Å². The van der Waals surface area contributed by atoms with Gasteiger partial charge in [-0.1, -0.05) is 11.2 Å². The SMILES string of the molecule is CN(Cc1cc(-c2cccs2)on1)CC1CCN(CCO)CC1. The third-order valence-electron chi connectivity index (χ3n) is 4.45. The average molecular weight is 335 g/mol. The molecule has 1 aliphatic rings. The molecule has 0 radical (unpaired) electrons. The van der Waals surface area contributed by atoms with E-state index >= 15 is 0 Å². The minimum absolute atomic E-state index is 0.267. The van der Waals surface area contributed by atoms with E-state index in [-0.39, 0.29) is 6.61 Å². The number of β-amino-alcohol motifs (C(OH)–C–C–N with tert-alkyl or cyclic N) is 1. The van der Waals surface area contributed by atoms with E-state index in [0.29, 0.717) is 0 Å². The lowest BCUT2D eigenvalue weighted by Crippen LogP contribution is -2.38. The second kappa shape index (κ2) is 8.06. The Kier molecular flexibility index (Phi) is 5.83. The molecule has 0 aromatic carbocycles. The van der Waals surface area contributed by atoms with Gasteiger partial charge in [0.15, 0.2) is 5.76 Å². The molecule has 1 fully saturated rings. The molecule has 0 bridgehead atoms. The van der Waals surface area contributed by atoms with Crippen molar-refractivity contribution in [1.82, 2.24) is 15.0 Å². The molecule has 126 valence electrons. The third-order valence-corrected chi connectivity index (χ3v) is 5.33. The fraction of sp³-hybridized carbons (Fsp3) is 0.588. The number of thiophene rings is 1. The molecule has 0 unspecified atom stereocenters. The van der Waals surface area contributed by atoms with Crippen LogP contribution in [0.4, 0.5) is 0 Å². The number of hydrogen-bond acceptors (Lipinski definition) is 6. The molecule has 3 rings (SSSR count). The normalized spacial score (nSPS) is 17.2. The van der Waals surface area contributed by atoms with E-state index in [1.807, 2.05) is 17.5 Å². The van der Waals surface area contributed by atoms with Gasteiger partial charge in [-0.3, -0.25) is 0 Å². The summed E-state index contributed by atoms with van der Waals surface area (Å²) >= 11 is 1.67. The second-order valence-corrected chi connectivity index (χ2v) is 7.31. The largest absolute Gasteiger partial charge is 0.395 e. The summed E-state index contributed by atoms with van der Waals surface area (Å²) in [5.74, 6) is 1.60. The van der Waals surface area contributed by atoms with Crippen LogP contribution in [0.1, 0.15) is 18.5 Å². The molecule has 2 aromatic heterocycles. The molecule has 5 nitrogen and oxygen atoms in total. The van der Waals surface area contributed by atoms with Crippen LogP contribution in [0.2, 0.25) is 0 Å². The van der Waals surface area contributed by atoms with Gasteiger partial charge >= 0.3 is 0 Å². The first-order valence-electron chi connectivity index (χ1n) is 8.26. The Hall–Kier alpha value is -1.21. The number of piperidine rings is 1. The summed E-state index contributed by atoms with van der Waals surface area (Å²) in [7, 11) is 2.15. The van der Waals surface area contributed by atoms with Crippen molar-refractivity contribution < 1.29 is 9.63 Å². The van der Waals surface area contributed by atoms with Gasteiger partial charge in [0.2, 0.25) is 0 Å². The van der Waals surface area contributed by atoms with Gasteiger partial charge in [0.1, 0.15) is 0 Å². The number of aromatic nitrogens is 1. The summed E-state index contributed by atoms with van der Waals surface area (Å²) in [5.41, 5.74) is 0.994. The first-order chi connectivity index (χ1) is 11.2. The summed E-state index contributed by atoms with van der Waals surface area (Å²) in [6.07, 6.45) is 2.42. The highest BCUT2D eigenvalue weighted by atomic mass is 32.1. The van der Waals surface area contributed by atoms with Crippen molar-refractivity contribution in [1.29, 1.82) is 0 Å². The topological polar surface area (TPSA) is 52.7 Å². The monoisotopic (exact) mass is 335 g/mol. The molecule has 23 heavy (non-hydrogen) atoms. The molecule has 3 heterocycles. The van der Waals surface area contributed by atoms with Crippen LogP contribution < -0.4 is 0 Å². The summed E-state index contributed by atoms with van der Waals surface area (Å²) in [5, 5.41) is 15.2. The maximum Gasteiger partial charge on any atom is 0.177 e. The summed E-state index contributed by atoms with van der Waals surface area (Å²) < 4.78 is 5.44. The molecule has 0 aliphatic carbocycles. The summed E-state index contributed by atoms with van der Waals surface area (Å²) in [4.78, 5) is 5.81. The van der Waals surface area contributed by atoms with Crippen molar-refractivity contribution in [3.05, 3.63) is 29.3 Å². The highest BCUT2D eigenvalue weighted by Crippen LogP contribution is 2.25. The first kappa shape index (κ1) is 16.6. The fourth-order valence-corrected chi connectivity index (χ4v) is 3.91. The van der Waals surface area contributed by atoms with E-state index in [4.69, 9.17) is 9.63 Å². The third kappa shape index (κ3) is 4.64. The lowest BCUT2D eigenvalue weighted by Gasteiger charge is -2.33. The van der Waals surface area contributed by atoms with Crippen LogP contribution in [0.25, 0.3) is 10.6 Å². The lowest BCUT2D eigenvalue weighted by atomic mass is 9.96. The van der Waals surface area contributed by atoms with Crippen molar-refractivity contribution in [2.75, 3.05) is 39.8 Å². The van der Waals surface area contributed by atoms with Crippen molar-refractivity contribution in [2.45, 2.75) is 19.4 Å². The van der Waals surface area contributed by atoms with Crippen molar-refractivity contribution >= 4 is 11.3 Å². The van der Waals surface area contributed by atoms with Gasteiger partial charge in [0.25, 0.3) is 0 Å². The van der Waals surface area contributed by atoms with Crippen molar-refractivity contribution in [3.63, 3.8) is 0 Å². The van der Waals surface area contributed by atoms with Crippen molar-refractivity contribution in [2.24, 2.45) is 5.92 Å². The van der Waals surface area contributed by atoms with E-state index in [1.165, 1.54) is 12.8 Å². The highest BCUT2D eigenvalue weighted by molar-refractivity contribution is 7.13. The Morgan fingerprint density at radius 1 is 1.43 bits per heavy atom. The fourth-order valence-electron chi connectivity index (χ4n) is 3.24. The van der Waals surface area contributed by atoms with Gasteiger partial charge in [-0.05, 0) is 50.3 Å². The zero-order valence-electron chi connectivity index (χ0n) is 13.6. The predicted octanol–water partition coefficient (Wildman–Crippen LogP) is 2.54. The number of likely N-dealkylation sites (tertiary alicyclic amines) is 1. The second-order valence-electron chi connectivity index (χ2n) is 6.37. The number of aliphatic hydroxyl groups is 1. The van der Waals surface area contributed by atoms with Crippen LogP contribution in [0, 0.1) is 5.92 Å². The number of aliphatic hydroxyl groups excluding tert-OH is 1. The maximum atomic E-state index is 9.00. The maximum absolute atomic E-state index is 9.00. The molecule has 0 spiro atoms. The van der Waals surface area contributed by atoms with Gasteiger partial charge in [-0.15, -0.1) is 11.3 Å². The van der Waals surface area contributed by atoms with E-state index < -0.39 is 0 Å². The molecule has 2 aromatic rings. The van der Waals surface area contributed by atoms with Crippen LogP contribution in [0.5, 0.6) is 0 Å². The minimum atomic E-state index is 0.267. The molecule has 6 heteroatoms. The van der Waals surface area contributed by atoms with Crippen LogP contribution in [-0.4, -0.2) is 59.9 Å². The number of nitrogens with zero attached hydrogens (tertiary/aromatic N) is 3. The van der Waals surface area contributed by atoms with Gasteiger partial charge in [-0.2, -0.15) is 0 Å². The molecule has 0 saturated carbocycles. The summed E-state index contributed by atoms with van der Waals surface area (Å²) in [6.45, 7) is 5.20. The van der Waals surface area contributed by atoms with Crippen molar-refractivity contribution in [3.8, 4) is 10.6 Å². The smallest absolute Gasteiger partial charge is 0.177 e. The Balaban J connectivity index is 1.46. The lowest BCUT2D eigenvalue weighted by molar-refractivity contribution is 0.128. The Bertz CT molecular complexity index is 576. The van der Waals surface area contributed by atoms with Crippen LogP contribution in [-0.2, 0) is 6.54 Å². The van der Waals surface area contributed by atoms with E-state index in [9.17, 15) is 0 Å². The zero-order valence-corrected chi connectivity index (χ0v) is 14.5. The molecule has 0 amide bonds. The molecule has 1 saturated heterocycles. The Morgan fingerprint density at radius 3 is 2.96 bits per heavy atom. The molecular weight excluding hydrogens is 310 g/mol. The van der Waals surface area contributed by atoms with Gasteiger partial charge in [-0.25, -0.2) is 0 Å².